The van der Waals surface area contributed by atoms with Crippen molar-refractivity contribution in [1.82, 2.24) is 0 Å². The van der Waals surface area contributed by atoms with E-state index in [4.69, 9.17) is 0 Å². The number of anilines is 1. The van der Waals surface area contributed by atoms with Crippen molar-refractivity contribution >= 4 is 5.69 Å². The summed E-state index contributed by atoms with van der Waals surface area (Å²) in [6.45, 7) is 5.65. The van der Waals surface area contributed by atoms with E-state index in [9.17, 15) is 0 Å². The van der Waals surface area contributed by atoms with E-state index in [1.807, 2.05) is 0 Å². The van der Waals surface area contributed by atoms with Gasteiger partial charge in [0, 0.05) is 12.2 Å². The Kier molecular flexibility index (Phi) is 2.26. The maximum absolute atomic E-state index is 3.44. The average Bonchev–Trinajstić information content (AvgIpc) is 2.18. The van der Waals surface area contributed by atoms with Gasteiger partial charge in [-0.3, -0.25) is 0 Å². The van der Waals surface area contributed by atoms with Crippen molar-refractivity contribution in [3.05, 3.63) is 29.3 Å². The highest BCUT2D eigenvalue weighted by molar-refractivity contribution is 5.56. The zero-order valence-electron chi connectivity index (χ0n) is 8.43. The highest BCUT2D eigenvalue weighted by Crippen LogP contribution is 2.31. The van der Waals surface area contributed by atoms with Gasteiger partial charge >= 0.3 is 0 Å². The van der Waals surface area contributed by atoms with Gasteiger partial charge in [-0.2, -0.15) is 0 Å². The summed E-state index contributed by atoms with van der Waals surface area (Å²) in [5.74, 6) is 0.725. The molecule has 0 amide bonds. The van der Waals surface area contributed by atoms with Crippen molar-refractivity contribution in [2.75, 3.05) is 11.9 Å². The van der Waals surface area contributed by atoms with Crippen LogP contribution in [0.15, 0.2) is 18.2 Å². The third-order valence-corrected chi connectivity index (χ3v) is 2.95. The molecule has 1 N–H and O–H groups in total. The molecule has 1 aliphatic heterocycles. The van der Waals surface area contributed by atoms with Crippen LogP contribution in [-0.4, -0.2) is 6.54 Å². The molecule has 13 heavy (non-hydrogen) atoms. The van der Waals surface area contributed by atoms with E-state index in [1.54, 1.807) is 0 Å². The minimum Gasteiger partial charge on any atom is -0.385 e. The highest BCUT2D eigenvalue weighted by atomic mass is 14.9. The predicted molar refractivity (Wildman–Crippen MR) is 57.3 cm³/mol. The van der Waals surface area contributed by atoms with E-state index in [2.05, 4.69) is 37.4 Å². The smallest absolute Gasteiger partial charge is 0.0375 e. The molecule has 1 aliphatic rings. The molecule has 0 bridgehead atoms. The Morgan fingerprint density at radius 1 is 1.46 bits per heavy atom. The highest BCUT2D eigenvalue weighted by Gasteiger charge is 2.15. The number of hydrogen-bond acceptors (Lipinski definition) is 1. The molecule has 0 spiro atoms. The zero-order chi connectivity index (χ0) is 9.26. The van der Waals surface area contributed by atoms with Gasteiger partial charge in [-0.15, -0.1) is 0 Å². The van der Waals surface area contributed by atoms with Crippen molar-refractivity contribution in [3.63, 3.8) is 0 Å². The number of hydrogen-bond donors (Lipinski definition) is 1. The zero-order valence-corrected chi connectivity index (χ0v) is 8.43. The molecular weight excluding hydrogens is 158 g/mol. The lowest BCUT2D eigenvalue weighted by molar-refractivity contribution is 0.682. The van der Waals surface area contributed by atoms with Crippen LogP contribution in [0.1, 0.15) is 37.3 Å². The molecule has 70 valence electrons. The third-order valence-electron chi connectivity index (χ3n) is 2.95. The average molecular weight is 175 g/mol. The van der Waals surface area contributed by atoms with Gasteiger partial charge in [0.05, 0.1) is 0 Å². The topological polar surface area (TPSA) is 12.0 Å². The summed E-state index contributed by atoms with van der Waals surface area (Å²) in [5, 5.41) is 3.44. The second kappa shape index (κ2) is 3.41. The summed E-state index contributed by atoms with van der Waals surface area (Å²) < 4.78 is 0. The van der Waals surface area contributed by atoms with Crippen LogP contribution in [0.4, 0.5) is 5.69 Å². The molecule has 1 nitrogen and oxygen atoms in total. The Morgan fingerprint density at radius 3 is 3.08 bits per heavy atom. The van der Waals surface area contributed by atoms with Crippen LogP contribution in [-0.2, 0) is 6.42 Å². The summed E-state index contributed by atoms with van der Waals surface area (Å²) in [5.41, 5.74) is 4.30. The van der Waals surface area contributed by atoms with Gasteiger partial charge in [-0.25, -0.2) is 0 Å². The molecule has 0 saturated heterocycles. The fraction of sp³-hybridized carbons (Fsp3) is 0.500. The molecular formula is C12H17N. The second-order valence-electron chi connectivity index (χ2n) is 3.89. The minimum absolute atomic E-state index is 0.725. The van der Waals surface area contributed by atoms with Crippen molar-refractivity contribution in [3.8, 4) is 0 Å². The van der Waals surface area contributed by atoms with Crippen LogP contribution in [0, 0.1) is 0 Å². The molecule has 0 aromatic heterocycles. The van der Waals surface area contributed by atoms with E-state index in [0.717, 1.165) is 18.9 Å². The van der Waals surface area contributed by atoms with Crippen LogP contribution >= 0.6 is 0 Å². The molecule has 0 radical (unpaired) electrons. The lowest BCUT2D eigenvalue weighted by Crippen LogP contribution is -2.14. The molecule has 1 heterocycles. The quantitative estimate of drug-likeness (QED) is 0.691. The first-order valence-electron chi connectivity index (χ1n) is 5.18. The van der Waals surface area contributed by atoms with Crippen molar-refractivity contribution in [1.29, 1.82) is 0 Å². The molecule has 0 fully saturated rings. The summed E-state index contributed by atoms with van der Waals surface area (Å²) in [6.07, 6.45) is 2.40. The Labute approximate surface area is 80.2 Å². The van der Waals surface area contributed by atoms with E-state index in [0.29, 0.717) is 0 Å². The molecule has 1 atom stereocenters. The molecule has 1 heteroatoms. The van der Waals surface area contributed by atoms with Crippen LogP contribution in [0.5, 0.6) is 0 Å². The van der Waals surface area contributed by atoms with E-state index >= 15 is 0 Å². The summed E-state index contributed by atoms with van der Waals surface area (Å²) >= 11 is 0. The minimum atomic E-state index is 0.725. The number of nitrogens with one attached hydrogen (secondary N) is 1. The normalized spacial score (nSPS) is 20.6. The van der Waals surface area contributed by atoms with Gasteiger partial charge in [0.1, 0.15) is 0 Å². The Morgan fingerprint density at radius 2 is 2.31 bits per heavy atom. The van der Waals surface area contributed by atoms with Crippen molar-refractivity contribution in [2.24, 2.45) is 0 Å². The third kappa shape index (κ3) is 1.55. The monoisotopic (exact) mass is 175 g/mol. The number of rotatable bonds is 1. The van der Waals surface area contributed by atoms with Crippen molar-refractivity contribution < 1.29 is 0 Å². The van der Waals surface area contributed by atoms with Crippen LogP contribution < -0.4 is 5.32 Å². The van der Waals surface area contributed by atoms with Gasteiger partial charge < -0.3 is 5.32 Å². The maximum Gasteiger partial charge on any atom is 0.0375 e. The Bertz CT molecular complexity index is 304. The van der Waals surface area contributed by atoms with Crippen LogP contribution in [0.3, 0.4) is 0 Å². The lowest BCUT2D eigenvalue weighted by Gasteiger charge is -2.24. The first kappa shape index (κ1) is 8.61. The largest absolute Gasteiger partial charge is 0.385 e. The fourth-order valence-corrected chi connectivity index (χ4v) is 1.98. The second-order valence-corrected chi connectivity index (χ2v) is 3.89. The molecule has 1 unspecified atom stereocenters. The van der Waals surface area contributed by atoms with Crippen LogP contribution in [0.25, 0.3) is 0 Å². The van der Waals surface area contributed by atoms with Gasteiger partial charge in [-0.05, 0) is 36.0 Å². The Hall–Kier alpha value is -0.980. The van der Waals surface area contributed by atoms with Crippen LogP contribution in [0.2, 0.25) is 0 Å². The summed E-state index contributed by atoms with van der Waals surface area (Å²) in [6, 6.07) is 6.81. The van der Waals surface area contributed by atoms with E-state index < -0.39 is 0 Å². The maximum atomic E-state index is 3.44. The van der Waals surface area contributed by atoms with Gasteiger partial charge in [0.2, 0.25) is 0 Å². The summed E-state index contributed by atoms with van der Waals surface area (Å²) in [4.78, 5) is 0. The summed E-state index contributed by atoms with van der Waals surface area (Å²) in [7, 11) is 0. The molecule has 1 aromatic rings. The SMILES string of the molecule is CCc1ccc2c(c1)C(C)CCN2. The molecule has 2 rings (SSSR count). The molecule has 1 aromatic carbocycles. The molecule has 0 aliphatic carbocycles. The predicted octanol–water partition coefficient (Wildman–Crippen LogP) is 3.17. The Balaban J connectivity index is 2.41. The van der Waals surface area contributed by atoms with Crippen molar-refractivity contribution in [2.45, 2.75) is 32.6 Å². The van der Waals surface area contributed by atoms with E-state index in [1.165, 1.54) is 23.2 Å². The van der Waals surface area contributed by atoms with Gasteiger partial charge in [-0.1, -0.05) is 26.0 Å². The van der Waals surface area contributed by atoms with Gasteiger partial charge in [0.25, 0.3) is 0 Å². The number of benzene rings is 1. The first-order valence-corrected chi connectivity index (χ1v) is 5.18. The van der Waals surface area contributed by atoms with E-state index in [-0.39, 0.29) is 0 Å². The standard InChI is InChI=1S/C12H17N/c1-3-10-4-5-12-11(8-10)9(2)6-7-13-12/h4-5,8-9,13H,3,6-7H2,1-2H3. The van der Waals surface area contributed by atoms with Gasteiger partial charge in [0.15, 0.2) is 0 Å². The fourth-order valence-electron chi connectivity index (χ4n) is 1.98. The first-order chi connectivity index (χ1) is 6.31. The number of fused-ring (bicyclic) bond motifs is 1. The lowest BCUT2D eigenvalue weighted by atomic mass is 9.91. The molecule has 0 saturated carbocycles. The number of aryl methyl sites for hydroxylation is 1.